The first-order valence-corrected chi connectivity index (χ1v) is 6.47. The van der Waals surface area contributed by atoms with Gasteiger partial charge in [-0.1, -0.05) is 52.0 Å². The molecular weight excluding hydrogens is 240 g/mol. The third-order valence-electron chi connectivity index (χ3n) is 3.17. The van der Waals surface area contributed by atoms with Crippen LogP contribution in [0.25, 0.3) is 0 Å². The molecule has 1 atom stereocenters. The topological polar surface area (TPSA) is 43.4 Å². The predicted molar refractivity (Wildman–Crippen MR) is 75.3 cm³/mol. The summed E-state index contributed by atoms with van der Waals surface area (Å²) in [6, 6.07) is 7.59. The first-order chi connectivity index (χ1) is 8.75. The second-order valence-corrected chi connectivity index (χ2v) is 5.88. The highest BCUT2D eigenvalue weighted by atomic mass is 16.5. The molecule has 0 aliphatic heterocycles. The van der Waals surface area contributed by atoms with Gasteiger partial charge in [0.25, 0.3) is 0 Å². The highest BCUT2D eigenvalue weighted by Crippen LogP contribution is 2.22. The van der Waals surface area contributed by atoms with Crippen LogP contribution in [-0.4, -0.2) is 18.9 Å². The van der Waals surface area contributed by atoms with E-state index in [4.69, 9.17) is 0 Å². The molecule has 0 spiro atoms. The van der Waals surface area contributed by atoms with Crippen LogP contribution in [0.15, 0.2) is 24.3 Å². The normalized spacial score (nSPS) is 12.9. The van der Waals surface area contributed by atoms with Crippen molar-refractivity contribution in [1.82, 2.24) is 0 Å². The quantitative estimate of drug-likeness (QED) is 0.617. The van der Waals surface area contributed by atoms with E-state index in [9.17, 15) is 9.59 Å². The monoisotopic (exact) mass is 262 g/mol. The summed E-state index contributed by atoms with van der Waals surface area (Å²) in [5.74, 6) is -0.780. The van der Waals surface area contributed by atoms with Gasteiger partial charge in [0.15, 0.2) is 5.78 Å². The van der Waals surface area contributed by atoms with Gasteiger partial charge in [-0.15, -0.1) is 0 Å². The first-order valence-electron chi connectivity index (χ1n) is 6.47. The van der Waals surface area contributed by atoms with E-state index in [1.807, 2.05) is 24.3 Å². The molecule has 0 bridgehead atoms. The van der Waals surface area contributed by atoms with Crippen molar-refractivity contribution in [3.63, 3.8) is 0 Å². The lowest BCUT2D eigenvalue weighted by atomic mass is 9.86. The van der Waals surface area contributed by atoms with Gasteiger partial charge in [0.05, 0.1) is 13.0 Å². The molecule has 0 saturated carbocycles. The van der Waals surface area contributed by atoms with Crippen LogP contribution >= 0.6 is 0 Å². The lowest BCUT2D eigenvalue weighted by molar-refractivity contribution is -0.144. The van der Waals surface area contributed by atoms with Gasteiger partial charge in [-0.25, -0.2) is 0 Å². The molecule has 1 unspecified atom stereocenters. The SMILES string of the molecule is COC(=O)C(C)CC(=O)c1ccc(C(C)(C)C)cc1. The van der Waals surface area contributed by atoms with E-state index in [1.54, 1.807) is 6.92 Å². The fraction of sp³-hybridized carbons (Fsp3) is 0.500. The molecule has 3 heteroatoms. The van der Waals surface area contributed by atoms with Gasteiger partial charge < -0.3 is 4.74 Å². The van der Waals surface area contributed by atoms with Gasteiger partial charge in [0.1, 0.15) is 0 Å². The minimum atomic E-state index is -0.403. The van der Waals surface area contributed by atoms with Crippen molar-refractivity contribution in [2.24, 2.45) is 5.92 Å². The number of Topliss-reactive ketones (excluding diaryl/α,β-unsaturated/α-hetero) is 1. The Morgan fingerprint density at radius 2 is 1.68 bits per heavy atom. The number of hydrogen-bond acceptors (Lipinski definition) is 3. The number of methoxy groups -OCH3 is 1. The van der Waals surface area contributed by atoms with Crippen LogP contribution < -0.4 is 0 Å². The largest absolute Gasteiger partial charge is 0.469 e. The van der Waals surface area contributed by atoms with Crippen LogP contribution in [0.1, 0.15) is 50.0 Å². The standard InChI is InChI=1S/C16H22O3/c1-11(15(18)19-5)10-14(17)12-6-8-13(9-7-12)16(2,3)4/h6-9,11H,10H2,1-5H3. The van der Waals surface area contributed by atoms with Crippen LogP contribution in [0.2, 0.25) is 0 Å². The van der Waals surface area contributed by atoms with Gasteiger partial charge in [-0.05, 0) is 11.0 Å². The first kappa shape index (κ1) is 15.4. The van der Waals surface area contributed by atoms with Gasteiger partial charge in [0, 0.05) is 12.0 Å². The molecular formula is C16H22O3. The number of rotatable bonds is 4. The average molecular weight is 262 g/mol. The van der Waals surface area contributed by atoms with Crippen LogP contribution in [0.5, 0.6) is 0 Å². The Morgan fingerprint density at radius 3 is 2.11 bits per heavy atom. The minimum absolute atomic E-state index is 0.0293. The van der Waals surface area contributed by atoms with Crippen molar-refractivity contribution >= 4 is 11.8 Å². The van der Waals surface area contributed by atoms with Crippen LogP contribution in [0.4, 0.5) is 0 Å². The van der Waals surface area contributed by atoms with Gasteiger partial charge in [-0.3, -0.25) is 9.59 Å². The maximum atomic E-state index is 12.0. The zero-order chi connectivity index (χ0) is 14.6. The molecule has 0 heterocycles. The number of benzene rings is 1. The summed E-state index contributed by atoms with van der Waals surface area (Å²) in [7, 11) is 1.33. The predicted octanol–water partition coefficient (Wildman–Crippen LogP) is 3.37. The number of ether oxygens (including phenoxy) is 1. The number of ketones is 1. The van der Waals surface area contributed by atoms with E-state index in [0.717, 1.165) is 0 Å². The van der Waals surface area contributed by atoms with Gasteiger partial charge >= 0.3 is 5.97 Å². The van der Waals surface area contributed by atoms with Gasteiger partial charge in [-0.2, -0.15) is 0 Å². The lowest BCUT2D eigenvalue weighted by Gasteiger charge is -2.19. The molecule has 1 aromatic carbocycles. The second kappa shape index (κ2) is 6.00. The second-order valence-electron chi connectivity index (χ2n) is 5.88. The Kier molecular flexibility index (Phi) is 4.87. The molecule has 1 aromatic rings. The number of hydrogen-bond donors (Lipinski definition) is 0. The average Bonchev–Trinajstić information content (AvgIpc) is 2.36. The Morgan fingerprint density at radius 1 is 1.16 bits per heavy atom. The summed E-state index contributed by atoms with van der Waals surface area (Å²) < 4.78 is 4.62. The highest BCUT2D eigenvalue weighted by molar-refractivity contribution is 5.98. The van der Waals surface area contributed by atoms with Crippen molar-refractivity contribution in [3.8, 4) is 0 Å². The van der Waals surface area contributed by atoms with Crippen molar-refractivity contribution in [3.05, 3.63) is 35.4 Å². The number of esters is 1. The van der Waals surface area contributed by atoms with Crippen molar-refractivity contribution < 1.29 is 14.3 Å². The summed E-state index contributed by atoms with van der Waals surface area (Å²) in [4.78, 5) is 23.3. The molecule has 0 radical (unpaired) electrons. The number of carbonyl (C=O) groups excluding carboxylic acids is 2. The zero-order valence-corrected chi connectivity index (χ0v) is 12.3. The minimum Gasteiger partial charge on any atom is -0.469 e. The molecule has 104 valence electrons. The summed E-state index contributed by atoms with van der Waals surface area (Å²) >= 11 is 0. The molecule has 0 N–H and O–H groups in total. The molecule has 0 fully saturated rings. The van der Waals surface area contributed by atoms with E-state index < -0.39 is 5.92 Å². The van der Waals surface area contributed by atoms with E-state index in [2.05, 4.69) is 25.5 Å². The molecule has 3 nitrogen and oxygen atoms in total. The van der Waals surface area contributed by atoms with Crippen molar-refractivity contribution in [2.45, 2.75) is 39.5 Å². The van der Waals surface area contributed by atoms with E-state index >= 15 is 0 Å². The molecule has 1 rings (SSSR count). The summed E-state index contributed by atoms with van der Waals surface area (Å²) in [6.45, 7) is 8.09. The molecule has 0 saturated heterocycles. The zero-order valence-electron chi connectivity index (χ0n) is 12.3. The fourth-order valence-corrected chi connectivity index (χ4v) is 1.84. The van der Waals surface area contributed by atoms with Crippen LogP contribution in [0.3, 0.4) is 0 Å². The maximum Gasteiger partial charge on any atom is 0.308 e. The smallest absolute Gasteiger partial charge is 0.308 e. The van der Waals surface area contributed by atoms with Crippen LogP contribution in [0, 0.1) is 5.92 Å². The van der Waals surface area contributed by atoms with Crippen molar-refractivity contribution in [2.75, 3.05) is 7.11 Å². The maximum absolute atomic E-state index is 12.0. The Hall–Kier alpha value is -1.64. The van der Waals surface area contributed by atoms with E-state index in [-0.39, 0.29) is 23.6 Å². The summed E-state index contributed by atoms with van der Waals surface area (Å²) in [5, 5.41) is 0. The van der Waals surface area contributed by atoms with Crippen molar-refractivity contribution in [1.29, 1.82) is 0 Å². The highest BCUT2D eigenvalue weighted by Gasteiger charge is 2.19. The van der Waals surface area contributed by atoms with E-state index in [1.165, 1.54) is 12.7 Å². The van der Waals surface area contributed by atoms with E-state index in [0.29, 0.717) is 5.56 Å². The Bertz CT molecular complexity index is 452. The third kappa shape index (κ3) is 4.19. The van der Waals surface area contributed by atoms with Gasteiger partial charge in [0.2, 0.25) is 0 Å². The van der Waals surface area contributed by atoms with Crippen LogP contribution in [-0.2, 0) is 14.9 Å². The Balaban J connectivity index is 2.76. The molecule has 0 aliphatic rings. The third-order valence-corrected chi connectivity index (χ3v) is 3.17. The Labute approximate surface area is 115 Å². The molecule has 0 amide bonds. The number of carbonyl (C=O) groups is 2. The molecule has 0 aliphatic carbocycles. The lowest BCUT2D eigenvalue weighted by Crippen LogP contribution is -2.17. The molecule has 19 heavy (non-hydrogen) atoms. The summed E-state index contributed by atoms with van der Waals surface area (Å²) in [6.07, 6.45) is 0.182. The fourth-order valence-electron chi connectivity index (χ4n) is 1.84. The molecule has 0 aromatic heterocycles. The summed E-state index contributed by atoms with van der Waals surface area (Å²) in [5.41, 5.74) is 1.90.